The van der Waals surface area contributed by atoms with Gasteiger partial charge in [0.1, 0.15) is 5.69 Å². The molecular formula is C12H12F5NO2. The molecule has 1 aromatic heterocycles. The van der Waals surface area contributed by atoms with Gasteiger partial charge >= 0.3 is 12.1 Å². The van der Waals surface area contributed by atoms with E-state index in [2.05, 4.69) is 9.72 Å². The number of carbonyl (C=O) groups is 1. The number of hydrogen-bond donors (Lipinski definition) is 0. The van der Waals surface area contributed by atoms with Gasteiger partial charge in [0.25, 0.3) is 6.43 Å². The van der Waals surface area contributed by atoms with E-state index < -0.39 is 41.8 Å². The Balaban J connectivity index is 3.40. The quantitative estimate of drug-likeness (QED) is 0.631. The summed E-state index contributed by atoms with van der Waals surface area (Å²) < 4.78 is 68.8. The number of rotatable bonds is 4. The van der Waals surface area contributed by atoms with Gasteiger partial charge in [-0.3, -0.25) is 9.78 Å². The van der Waals surface area contributed by atoms with Gasteiger partial charge in [-0.25, -0.2) is 8.78 Å². The predicted molar refractivity (Wildman–Crippen MR) is 59.3 cm³/mol. The lowest BCUT2D eigenvalue weighted by Gasteiger charge is -2.18. The van der Waals surface area contributed by atoms with Gasteiger partial charge in [0.2, 0.25) is 0 Å². The molecule has 1 aromatic rings. The van der Waals surface area contributed by atoms with E-state index in [-0.39, 0.29) is 12.2 Å². The molecule has 0 amide bonds. The molecule has 1 rings (SSSR count). The molecule has 0 N–H and O–H groups in total. The molecule has 0 radical (unpaired) electrons. The van der Waals surface area contributed by atoms with Crippen LogP contribution in [-0.4, -0.2) is 17.6 Å². The van der Waals surface area contributed by atoms with Gasteiger partial charge in [-0.2, -0.15) is 13.2 Å². The Labute approximate surface area is 111 Å². The average molecular weight is 297 g/mol. The first-order valence-electron chi connectivity index (χ1n) is 5.67. The van der Waals surface area contributed by atoms with E-state index in [1.807, 2.05) is 0 Å². The summed E-state index contributed by atoms with van der Waals surface area (Å²) in [5, 5.41) is 0. The van der Waals surface area contributed by atoms with Gasteiger partial charge < -0.3 is 4.74 Å². The largest absolute Gasteiger partial charge is 0.466 e. The fourth-order valence-electron chi connectivity index (χ4n) is 1.73. The number of aryl methyl sites for hydroxylation is 1. The monoisotopic (exact) mass is 297 g/mol. The molecule has 0 aliphatic rings. The van der Waals surface area contributed by atoms with Crippen LogP contribution in [-0.2, 0) is 22.1 Å². The Kier molecular flexibility index (Phi) is 5.02. The Hall–Kier alpha value is -1.73. The molecule has 0 spiro atoms. The second-order valence-corrected chi connectivity index (χ2v) is 3.96. The van der Waals surface area contributed by atoms with E-state index in [1.54, 1.807) is 0 Å². The standard InChI is InChI=1S/C12H12F5NO2/c1-3-20-8(19)4-7-6(2)5-18-10(11(13)14)9(7)12(15,16)17/h5,11H,3-4H2,1-2H3. The van der Waals surface area contributed by atoms with Crippen LogP contribution in [0.15, 0.2) is 6.20 Å². The highest BCUT2D eigenvalue weighted by Crippen LogP contribution is 2.38. The molecule has 0 aliphatic heterocycles. The fraction of sp³-hybridized carbons (Fsp3) is 0.500. The molecule has 0 atom stereocenters. The lowest BCUT2D eigenvalue weighted by Crippen LogP contribution is -2.19. The van der Waals surface area contributed by atoms with Crippen LogP contribution in [0.4, 0.5) is 22.0 Å². The predicted octanol–water partition coefficient (Wildman–Crippen LogP) is 3.45. The molecule has 0 unspecified atom stereocenters. The maximum Gasteiger partial charge on any atom is 0.418 e. The molecule has 0 bridgehead atoms. The van der Waals surface area contributed by atoms with Crippen molar-refractivity contribution in [2.24, 2.45) is 0 Å². The molecule has 0 aromatic carbocycles. The number of aromatic nitrogens is 1. The van der Waals surface area contributed by atoms with Crippen molar-refractivity contribution in [1.29, 1.82) is 0 Å². The third-order valence-electron chi connectivity index (χ3n) is 2.55. The minimum atomic E-state index is -5.02. The summed E-state index contributed by atoms with van der Waals surface area (Å²) in [6.45, 7) is 2.75. The van der Waals surface area contributed by atoms with Crippen LogP contribution in [0.2, 0.25) is 0 Å². The van der Waals surface area contributed by atoms with E-state index in [9.17, 15) is 26.7 Å². The lowest BCUT2D eigenvalue weighted by atomic mass is 9.98. The molecule has 20 heavy (non-hydrogen) atoms. The first-order chi connectivity index (χ1) is 9.18. The Morgan fingerprint density at radius 1 is 1.40 bits per heavy atom. The fourth-order valence-corrected chi connectivity index (χ4v) is 1.73. The van der Waals surface area contributed by atoms with Crippen molar-refractivity contribution in [3.8, 4) is 0 Å². The van der Waals surface area contributed by atoms with Crippen molar-refractivity contribution in [3.05, 3.63) is 28.6 Å². The van der Waals surface area contributed by atoms with Crippen molar-refractivity contribution in [3.63, 3.8) is 0 Å². The summed E-state index contributed by atoms with van der Waals surface area (Å²) in [5.41, 5.74) is -3.45. The number of alkyl halides is 5. The molecule has 0 saturated carbocycles. The minimum Gasteiger partial charge on any atom is -0.466 e. The summed E-state index contributed by atoms with van der Waals surface area (Å²) in [5.74, 6) is -0.910. The minimum absolute atomic E-state index is 0.00792. The third-order valence-corrected chi connectivity index (χ3v) is 2.55. The number of pyridine rings is 1. The number of ether oxygens (including phenoxy) is 1. The van der Waals surface area contributed by atoms with E-state index in [4.69, 9.17) is 0 Å². The summed E-state index contributed by atoms with van der Waals surface area (Å²) in [6, 6.07) is 0. The highest BCUT2D eigenvalue weighted by molar-refractivity contribution is 5.73. The van der Waals surface area contributed by atoms with Crippen LogP contribution >= 0.6 is 0 Å². The smallest absolute Gasteiger partial charge is 0.418 e. The second-order valence-electron chi connectivity index (χ2n) is 3.96. The van der Waals surface area contributed by atoms with E-state index in [0.717, 1.165) is 6.20 Å². The maximum atomic E-state index is 13.0. The first-order valence-corrected chi connectivity index (χ1v) is 5.67. The highest BCUT2D eigenvalue weighted by Gasteiger charge is 2.40. The lowest BCUT2D eigenvalue weighted by molar-refractivity contribution is -0.144. The van der Waals surface area contributed by atoms with E-state index in [1.165, 1.54) is 13.8 Å². The van der Waals surface area contributed by atoms with Crippen molar-refractivity contribution in [2.45, 2.75) is 32.9 Å². The molecule has 0 fully saturated rings. The molecule has 0 saturated heterocycles. The molecule has 0 aliphatic carbocycles. The van der Waals surface area contributed by atoms with Crippen LogP contribution < -0.4 is 0 Å². The first kappa shape index (κ1) is 16.3. The molecule has 3 nitrogen and oxygen atoms in total. The summed E-state index contributed by atoms with van der Waals surface area (Å²) >= 11 is 0. The van der Waals surface area contributed by atoms with Gasteiger partial charge in [0.05, 0.1) is 18.6 Å². The highest BCUT2D eigenvalue weighted by atomic mass is 19.4. The van der Waals surface area contributed by atoms with Crippen LogP contribution in [0, 0.1) is 6.92 Å². The number of nitrogens with zero attached hydrogens (tertiary/aromatic N) is 1. The molecule has 112 valence electrons. The topological polar surface area (TPSA) is 39.2 Å². The second kappa shape index (κ2) is 6.15. The van der Waals surface area contributed by atoms with Gasteiger partial charge in [-0.15, -0.1) is 0 Å². The van der Waals surface area contributed by atoms with Gasteiger partial charge in [0, 0.05) is 6.20 Å². The maximum absolute atomic E-state index is 13.0. The van der Waals surface area contributed by atoms with Crippen molar-refractivity contribution >= 4 is 5.97 Å². The van der Waals surface area contributed by atoms with Crippen molar-refractivity contribution < 1.29 is 31.5 Å². The van der Waals surface area contributed by atoms with Crippen LogP contribution in [0.5, 0.6) is 0 Å². The number of carbonyl (C=O) groups excluding carboxylic acids is 1. The SMILES string of the molecule is CCOC(=O)Cc1c(C)cnc(C(F)F)c1C(F)(F)F. The zero-order valence-corrected chi connectivity index (χ0v) is 10.7. The summed E-state index contributed by atoms with van der Waals surface area (Å²) in [6.07, 6.45) is -8.23. The van der Waals surface area contributed by atoms with Crippen molar-refractivity contribution in [2.75, 3.05) is 6.61 Å². The van der Waals surface area contributed by atoms with Crippen LogP contribution in [0.3, 0.4) is 0 Å². The van der Waals surface area contributed by atoms with Crippen molar-refractivity contribution in [1.82, 2.24) is 4.98 Å². The third kappa shape index (κ3) is 3.64. The average Bonchev–Trinajstić information content (AvgIpc) is 2.29. The van der Waals surface area contributed by atoms with Gasteiger partial charge in [-0.1, -0.05) is 0 Å². The van der Waals surface area contributed by atoms with Gasteiger partial charge in [0.15, 0.2) is 0 Å². The Bertz CT molecular complexity index is 499. The zero-order valence-electron chi connectivity index (χ0n) is 10.7. The number of esters is 1. The van der Waals surface area contributed by atoms with E-state index in [0.29, 0.717) is 0 Å². The number of halogens is 5. The zero-order chi connectivity index (χ0) is 15.5. The van der Waals surface area contributed by atoms with Crippen LogP contribution in [0.1, 0.15) is 35.7 Å². The van der Waals surface area contributed by atoms with Crippen LogP contribution in [0.25, 0.3) is 0 Å². The van der Waals surface area contributed by atoms with E-state index >= 15 is 0 Å². The summed E-state index contributed by atoms with van der Waals surface area (Å²) in [4.78, 5) is 14.5. The molecular weight excluding hydrogens is 285 g/mol. The molecule has 8 heteroatoms. The Morgan fingerprint density at radius 3 is 2.45 bits per heavy atom. The summed E-state index contributed by atoms with van der Waals surface area (Å²) in [7, 11) is 0. The number of hydrogen-bond acceptors (Lipinski definition) is 3. The Morgan fingerprint density at radius 2 is 2.00 bits per heavy atom. The molecule has 1 heterocycles. The van der Waals surface area contributed by atoms with Gasteiger partial charge in [-0.05, 0) is 25.0 Å². The normalized spacial score (nSPS) is 11.8.